The number of aromatic nitrogens is 1. The Morgan fingerprint density at radius 2 is 2.47 bits per heavy atom. The van der Waals surface area contributed by atoms with E-state index in [4.69, 9.17) is 5.73 Å². The van der Waals surface area contributed by atoms with Crippen LogP contribution in [0, 0.1) is 0 Å². The molecule has 0 aliphatic rings. The summed E-state index contributed by atoms with van der Waals surface area (Å²) in [5.41, 5.74) is 6.41. The van der Waals surface area contributed by atoms with Crippen LogP contribution in [0.5, 0.6) is 0 Å². The van der Waals surface area contributed by atoms with E-state index in [1.165, 1.54) is 11.3 Å². The van der Waals surface area contributed by atoms with Crippen LogP contribution in [-0.4, -0.2) is 24.0 Å². The molecule has 0 atom stereocenters. The molecule has 0 aliphatic carbocycles. The standard InChI is InChI=1S/C10H17N3OS/c1-2-5-12-9(14)6-10-13-8(3-4-11)7-15-10/h7H,2-6,11H2,1H3,(H,12,14). The Morgan fingerprint density at radius 1 is 1.67 bits per heavy atom. The molecule has 1 aromatic heterocycles. The van der Waals surface area contributed by atoms with Crippen LogP contribution in [0.25, 0.3) is 0 Å². The van der Waals surface area contributed by atoms with Crippen molar-refractivity contribution in [3.05, 3.63) is 16.1 Å². The Balaban J connectivity index is 2.39. The van der Waals surface area contributed by atoms with Crippen molar-refractivity contribution in [1.82, 2.24) is 10.3 Å². The molecule has 1 amide bonds. The molecule has 0 spiro atoms. The van der Waals surface area contributed by atoms with Crippen LogP contribution >= 0.6 is 11.3 Å². The average molecular weight is 227 g/mol. The van der Waals surface area contributed by atoms with Gasteiger partial charge in [0.1, 0.15) is 5.01 Å². The summed E-state index contributed by atoms with van der Waals surface area (Å²) in [5.74, 6) is 0.0468. The molecule has 0 saturated carbocycles. The van der Waals surface area contributed by atoms with E-state index in [1.807, 2.05) is 12.3 Å². The second-order valence-corrected chi connectivity index (χ2v) is 4.24. The predicted molar refractivity (Wildman–Crippen MR) is 61.9 cm³/mol. The van der Waals surface area contributed by atoms with Crippen LogP contribution in [0.15, 0.2) is 5.38 Å². The minimum Gasteiger partial charge on any atom is -0.356 e. The maximum atomic E-state index is 11.4. The topological polar surface area (TPSA) is 68.0 Å². The summed E-state index contributed by atoms with van der Waals surface area (Å²) >= 11 is 1.52. The fraction of sp³-hybridized carbons (Fsp3) is 0.600. The number of carbonyl (C=O) groups excluding carboxylic acids is 1. The van der Waals surface area contributed by atoms with Gasteiger partial charge in [0, 0.05) is 18.3 Å². The van der Waals surface area contributed by atoms with Crippen LogP contribution in [0.3, 0.4) is 0 Å². The van der Waals surface area contributed by atoms with Gasteiger partial charge in [-0.25, -0.2) is 4.98 Å². The van der Waals surface area contributed by atoms with Crippen LogP contribution in [0.4, 0.5) is 0 Å². The molecule has 1 heterocycles. The summed E-state index contributed by atoms with van der Waals surface area (Å²) in [5, 5.41) is 5.66. The van der Waals surface area contributed by atoms with Gasteiger partial charge in [-0.15, -0.1) is 11.3 Å². The third-order valence-electron chi connectivity index (χ3n) is 1.88. The van der Waals surface area contributed by atoms with Gasteiger partial charge < -0.3 is 11.1 Å². The van der Waals surface area contributed by atoms with E-state index in [9.17, 15) is 4.79 Å². The van der Waals surface area contributed by atoms with Crippen LogP contribution in [0.2, 0.25) is 0 Å². The molecule has 1 rings (SSSR count). The van der Waals surface area contributed by atoms with Gasteiger partial charge in [0.25, 0.3) is 0 Å². The monoisotopic (exact) mass is 227 g/mol. The number of amides is 1. The lowest BCUT2D eigenvalue weighted by molar-refractivity contribution is -0.120. The number of thiazole rings is 1. The van der Waals surface area contributed by atoms with Crippen molar-refractivity contribution in [3.63, 3.8) is 0 Å². The van der Waals surface area contributed by atoms with E-state index >= 15 is 0 Å². The first-order chi connectivity index (χ1) is 7.26. The molecule has 0 radical (unpaired) electrons. The summed E-state index contributed by atoms with van der Waals surface area (Å²) in [4.78, 5) is 15.7. The summed E-state index contributed by atoms with van der Waals surface area (Å²) in [6.45, 7) is 3.37. The summed E-state index contributed by atoms with van der Waals surface area (Å²) in [6.07, 6.45) is 2.13. The van der Waals surface area contributed by atoms with Crippen LogP contribution in [-0.2, 0) is 17.6 Å². The van der Waals surface area contributed by atoms with E-state index < -0.39 is 0 Å². The zero-order chi connectivity index (χ0) is 11.1. The molecule has 0 unspecified atom stereocenters. The molecule has 0 aromatic carbocycles. The molecule has 0 fully saturated rings. The van der Waals surface area contributed by atoms with E-state index in [2.05, 4.69) is 10.3 Å². The minimum atomic E-state index is 0.0468. The van der Waals surface area contributed by atoms with E-state index in [0.29, 0.717) is 13.0 Å². The molecule has 5 heteroatoms. The lowest BCUT2D eigenvalue weighted by Crippen LogP contribution is -2.25. The van der Waals surface area contributed by atoms with E-state index in [1.54, 1.807) is 0 Å². The molecule has 0 saturated heterocycles. The Kier molecular flexibility index (Phi) is 5.28. The summed E-state index contributed by atoms with van der Waals surface area (Å²) in [7, 11) is 0. The number of nitrogens with one attached hydrogen (secondary N) is 1. The van der Waals surface area contributed by atoms with Crippen molar-refractivity contribution >= 4 is 17.2 Å². The highest BCUT2D eigenvalue weighted by atomic mass is 32.1. The zero-order valence-corrected chi connectivity index (χ0v) is 9.77. The Hall–Kier alpha value is -0.940. The highest BCUT2D eigenvalue weighted by Gasteiger charge is 2.06. The van der Waals surface area contributed by atoms with Crippen molar-refractivity contribution in [3.8, 4) is 0 Å². The number of nitrogens with zero attached hydrogens (tertiary/aromatic N) is 1. The summed E-state index contributed by atoms with van der Waals surface area (Å²) in [6, 6.07) is 0. The van der Waals surface area contributed by atoms with Crippen LogP contribution in [0.1, 0.15) is 24.0 Å². The number of hydrogen-bond donors (Lipinski definition) is 2. The fourth-order valence-electron chi connectivity index (χ4n) is 1.16. The molecule has 1 aromatic rings. The van der Waals surface area contributed by atoms with Crippen LogP contribution < -0.4 is 11.1 Å². The largest absolute Gasteiger partial charge is 0.356 e. The third-order valence-corrected chi connectivity index (χ3v) is 2.78. The highest BCUT2D eigenvalue weighted by Crippen LogP contribution is 2.10. The summed E-state index contributed by atoms with van der Waals surface area (Å²) < 4.78 is 0. The Morgan fingerprint density at radius 3 is 3.13 bits per heavy atom. The molecule has 0 bridgehead atoms. The van der Waals surface area contributed by atoms with Gasteiger partial charge in [-0.05, 0) is 13.0 Å². The second kappa shape index (κ2) is 6.53. The number of hydrogen-bond acceptors (Lipinski definition) is 4. The number of rotatable bonds is 6. The second-order valence-electron chi connectivity index (χ2n) is 3.30. The van der Waals surface area contributed by atoms with Gasteiger partial charge in [-0.1, -0.05) is 6.92 Å². The Labute approximate surface area is 93.9 Å². The lowest BCUT2D eigenvalue weighted by Gasteiger charge is -2.00. The molecular formula is C10H17N3OS. The first-order valence-electron chi connectivity index (χ1n) is 5.16. The lowest BCUT2D eigenvalue weighted by atomic mass is 10.3. The minimum absolute atomic E-state index is 0.0468. The quantitative estimate of drug-likeness (QED) is 0.752. The van der Waals surface area contributed by atoms with Gasteiger partial charge in [0.2, 0.25) is 5.91 Å². The van der Waals surface area contributed by atoms with Gasteiger partial charge in [-0.3, -0.25) is 4.79 Å². The van der Waals surface area contributed by atoms with Gasteiger partial charge >= 0.3 is 0 Å². The van der Waals surface area contributed by atoms with Gasteiger partial charge in [0.15, 0.2) is 0 Å². The van der Waals surface area contributed by atoms with Crippen molar-refractivity contribution in [2.24, 2.45) is 5.73 Å². The number of carbonyl (C=O) groups is 1. The first-order valence-corrected chi connectivity index (χ1v) is 6.04. The normalized spacial score (nSPS) is 10.3. The molecule has 3 N–H and O–H groups in total. The average Bonchev–Trinajstić information content (AvgIpc) is 2.63. The third kappa shape index (κ3) is 4.40. The maximum Gasteiger partial charge on any atom is 0.226 e. The molecule has 4 nitrogen and oxygen atoms in total. The molecular weight excluding hydrogens is 210 g/mol. The highest BCUT2D eigenvalue weighted by molar-refractivity contribution is 7.09. The molecule has 0 aliphatic heterocycles. The maximum absolute atomic E-state index is 11.4. The fourth-order valence-corrected chi connectivity index (χ4v) is 1.98. The van der Waals surface area contributed by atoms with Gasteiger partial charge in [0.05, 0.1) is 12.1 Å². The van der Waals surface area contributed by atoms with Crippen molar-refractivity contribution in [2.75, 3.05) is 13.1 Å². The molecule has 15 heavy (non-hydrogen) atoms. The van der Waals surface area contributed by atoms with Crippen molar-refractivity contribution < 1.29 is 4.79 Å². The molecule has 84 valence electrons. The predicted octanol–water partition coefficient (Wildman–Crippen LogP) is 0.713. The number of nitrogens with two attached hydrogens (primary N) is 1. The zero-order valence-electron chi connectivity index (χ0n) is 8.95. The van der Waals surface area contributed by atoms with Gasteiger partial charge in [-0.2, -0.15) is 0 Å². The van der Waals surface area contributed by atoms with E-state index in [0.717, 1.165) is 30.1 Å². The smallest absolute Gasteiger partial charge is 0.226 e. The Bertz CT molecular complexity index is 311. The SMILES string of the molecule is CCCNC(=O)Cc1nc(CCN)cs1. The first kappa shape index (κ1) is 12.1. The van der Waals surface area contributed by atoms with Crippen molar-refractivity contribution in [1.29, 1.82) is 0 Å². The van der Waals surface area contributed by atoms with E-state index in [-0.39, 0.29) is 5.91 Å². The van der Waals surface area contributed by atoms with Crippen molar-refractivity contribution in [2.45, 2.75) is 26.2 Å².